The minimum Gasteiger partial charge on any atom is -0.369 e. The molecule has 0 spiro atoms. The molecule has 3 rings (SSSR count). The fourth-order valence-corrected chi connectivity index (χ4v) is 5.30. The molecule has 2 heterocycles. The van der Waals surface area contributed by atoms with Gasteiger partial charge in [0.2, 0.25) is 21.8 Å². The van der Waals surface area contributed by atoms with Crippen molar-refractivity contribution in [2.24, 2.45) is 11.7 Å². The zero-order valence-electron chi connectivity index (χ0n) is 14.4. The molecule has 8 heteroatoms. The normalized spacial score (nSPS) is 22.0. The summed E-state index contributed by atoms with van der Waals surface area (Å²) in [6.45, 7) is 4.05. The Labute approximate surface area is 147 Å². The molecule has 2 N–H and O–H groups in total. The molecule has 0 radical (unpaired) electrons. The first-order valence-electron chi connectivity index (χ1n) is 8.44. The lowest BCUT2D eigenvalue weighted by Crippen LogP contribution is -2.41. The van der Waals surface area contributed by atoms with E-state index in [-0.39, 0.29) is 28.7 Å². The van der Waals surface area contributed by atoms with Crippen molar-refractivity contribution in [1.29, 1.82) is 0 Å². The number of fused-ring (bicyclic) bond motifs is 1. The molecule has 0 aromatic heterocycles. The first-order valence-corrected chi connectivity index (χ1v) is 9.88. The van der Waals surface area contributed by atoms with Gasteiger partial charge < -0.3 is 10.6 Å². The average Bonchev–Trinajstić information content (AvgIpc) is 2.89. The van der Waals surface area contributed by atoms with Crippen molar-refractivity contribution in [3.63, 3.8) is 0 Å². The first-order chi connectivity index (χ1) is 11.7. The number of rotatable bonds is 3. The standard InChI is InChI=1S/C17H23N3O4S/c1-11-9-14-10-15(3-4-16(14)20(11)12(2)21)25(23,24)19-7-5-13(6-8-19)17(18)22/h3-4,10-11,13H,5-9H2,1-2H3,(H2,18,22). The first kappa shape index (κ1) is 17.9. The smallest absolute Gasteiger partial charge is 0.243 e. The molecule has 1 aromatic carbocycles. The number of amides is 2. The Bertz CT molecular complexity index is 813. The van der Waals surface area contributed by atoms with E-state index in [0.717, 1.165) is 11.3 Å². The van der Waals surface area contributed by atoms with Crippen LogP contribution in [0, 0.1) is 5.92 Å². The number of benzene rings is 1. The van der Waals surface area contributed by atoms with E-state index in [1.165, 1.54) is 11.2 Å². The minimum absolute atomic E-state index is 0.0248. The van der Waals surface area contributed by atoms with Crippen molar-refractivity contribution >= 4 is 27.5 Å². The van der Waals surface area contributed by atoms with Crippen molar-refractivity contribution in [3.05, 3.63) is 23.8 Å². The number of hydrogen-bond acceptors (Lipinski definition) is 4. The molecule has 7 nitrogen and oxygen atoms in total. The van der Waals surface area contributed by atoms with Crippen molar-refractivity contribution in [3.8, 4) is 0 Å². The van der Waals surface area contributed by atoms with E-state index in [2.05, 4.69) is 0 Å². The Hall–Kier alpha value is -1.93. The van der Waals surface area contributed by atoms with Crippen LogP contribution in [0.4, 0.5) is 5.69 Å². The van der Waals surface area contributed by atoms with Crippen molar-refractivity contribution in [2.45, 2.75) is 44.0 Å². The highest BCUT2D eigenvalue weighted by Crippen LogP contribution is 2.35. The highest BCUT2D eigenvalue weighted by molar-refractivity contribution is 7.89. The van der Waals surface area contributed by atoms with Crippen LogP contribution in [0.2, 0.25) is 0 Å². The lowest BCUT2D eigenvalue weighted by atomic mass is 9.98. The molecule has 1 fully saturated rings. The maximum Gasteiger partial charge on any atom is 0.243 e. The van der Waals surface area contributed by atoms with E-state index in [1.54, 1.807) is 23.1 Å². The Balaban J connectivity index is 1.84. The Kier molecular flexibility index (Phi) is 4.59. The SMILES string of the molecule is CC(=O)N1c2ccc(S(=O)(=O)N3CCC(C(N)=O)CC3)cc2CC1C. The van der Waals surface area contributed by atoms with Crippen LogP contribution >= 0.6 is 0 Å². The van der Waals surface area contributed by atoms with Crippen LogP contribution < -0.4 is 10.6 Å². The van der Waals surface area contributed by atoms with Gasteiger partial charge in [0.15, 0.2) is 0 Å². The van der Waals surface area contributed by atoms with Gasteiger partial charge >= 0.3 is 0 Å². The molecule has 2 aliphatic rings. The molecule has 1 unspecified atom stereocenters. The van der Waals surface area contributed by atoms with Gasteiger partial charge in [-0.25, -0.2) is 8.42 Å². The third kappa shape index (κ3) is 3.16. The largest absolute Gasteiger partial charge is 0.369 e. The average molecular weight is 365 g/mol. The fraction of sp³-hybridized carbons (Fsp3) is 0.529. The lowest BCUT2D eigenvalue weighted by Gasteiger charge is -2.29. The fourth-order valence-electron chi connectivity index (χ4n) is 3.78. The van der Waals surface area contributed by atoms with Crippen LogP contribution in [-0.4, -0.2) is 43.7 Å². The summed E-state index contributed by atoms with van der Waals surface area (Å²) in [5.41, 5.74) is 6.96. The van der Waals surface area contributed by atoms with Gasteiger partial charge in [-0.2, -0.15) is 4.31 Å². The second-order valence-electron chi connectivity index (χ2n) is 6.81. The number of piperidine rings is 1. The van der Waals surface area contributed by atoms with Gasteiger partial charge in [0, 0.05) is 37.7 Å². The van der Waals surface area contributed by atoms with Gasteiger partial charge in [0.1, 0.15) is 0 Å². The molecule has 1 atom stereocenters. The molecule has 2 amide bonds. The molecule has 1 saturated heterocycles. The number of primary amides is 1. The van der Waals surface area contributed by atoms with E-state index in [4.69, 9.17) is 5.73 Å². The summed E-state index contributed by atoms with van der Waals surface area (Å²) in [5, 5.41) is 0. The van der Waals surface area contributed by atoms with Gasteiger partial charge in [-0.3, -0.25) is 9.59 Å². The summed E-state index contributed by atoms with van der Waals surface area (Å²) in [5.74, 6) is -0.667. The van der Waals surface area contributed by atoms with Crippen LogP contribution in [0.5, 0.6) is 0 Å². The Morgan fingerprint density at radius 3 is 2.40 bits per heavy atom. The summed E-state index contributed by atoms with van der Waals surface area (Å²) < 4.78 is 27.2. The predicted octanol–water partition coefficient (Wildman–Crippen LogP) is 0.870. The zero-order chi connectivity index (χ0) is 18.4. The maximum atomic E-state index is 12.9. The third-order valence-electron chi connectivity index (χ3n) is 5.10. The molecule has 2 aliphatic heterocycles. The number of anilines is 1. The van der Waals surface area contributed by atoms with Gasteiger partial charge in [-0.1, -0.05) is 0 Å². The molecule has 0 bridgehead atoms. The van der Waals surface area contributed by atoms with Crippen molar-refractivity contribution < 1.29 is 18.0 Å². The second kappa shape index (κ2) is 6.42. The zero-order valence-corrected chi connectivity index (χ0v) is 15.3. The van der Waals surface area contributed by atoms with E-state index in [0.29, 0.717) is 32.4 Å². The lowest BCUT2D eigenvalue weighted by molar-refractivity contribution is -0.122. The highest BCUT2D eigenvalue weighted by atomic mass is 32.2. The monoisotopic (exact) mass is 365 g/mol. The Morgan fingerprint density at radius 1 is 1.20 bits per heavy atom. The molecular formula is C17H23N3O4S. The number of hydrogen-bond donors (Lipinski definition) is 1. The van der Waals surface area contributed by atoms with Crippen LogP contribution in [0.25, 0.3) is 0 Å². The summed E-state index contributed by atoms with van der Waals surface area (Å²) >= 11 is 0. The molecule has 0 aliphatic carbocycles. The molecule has 0 saturated carbocycles. The number of sulfonamides is 1. The maximum absolute atomic E-state index is 12.9. The third-order valence-corrected chi connectivity index (χ3v) is 6.99. The van der Waals surface area contributed by atoms with Gasteiger partial charge in [0.25, 0.3) is 0 Å². The van der Waals surface area contributed by atoms with E-state index < -0.39 is 10.0 Å². The van der Waals surface area contributed by atoms with Gasteiger partial charge in [-0.05, 0) is 49.9 Å². The van der Waals surface area contributed by atoms with E-state index >= 15 is 0 Å². The van der Waals surface area contributed by atoms with Crippen molar-refractivity contribution in [2.75, 3.05) is 18.0 Å². The number of carbonyl (C=O) groups is 2. The molecular weight excluding hydrogens is 342 g/mol. The van der Waals surface area contributed by atoms with Crippen LogP contribution in [0.1, 0.15) is 32.3 Å². The Morgan fingerprint density at radius 2 is 1.84 bits per heavy atom. The predicted molar refractivity (Wildman–Crippen MR) is 93.4 cm³/mol. The van der Waals surface area contributed by atoms with Gasteiger partial charge in [0.05, 0.1) is 4.90 Å². The summed E-state index contributed by atoms with van der Waals surface area (Å²) in [6.07, 6.45) is 1.55. The molecule has 25 heavy (non-hydrogen) atoms. The van der Waals surface area contributed by atoms with Crippen molar-refractivity contribution in [1.82, 2.24) is 4.31 Å². The van der Waals surface area contributed by atoms with Crippen LogP contribution in [-0.2, 0) is 26.0 Å². The summed E-state index contributed by atoms with van der Waals surface area (Å²) in [7, 11) is -3.61. The summed E-state index contributed by atoms with van der Waals surface area (Å²) in [6, 6.07) is 4.97. The minimum atomic E-state index is -3.61. The van der Waals surface area contributed by atoms with Crippen LogP contribution in [0.15, 0.2) is 23.1 Å². The number of nitrogens with zero attached hydrogens (tertiary/aromatic N) is 2. The highest BCUT2D eigenvalue weighted by Gasteiger charge is 2.34. The molecule has 136 valence electrons. The quantitative estimate of drug-likeness (QED) is 0.859. The second-order valence-corrected chi connectivity index (χ2v) is 8.75. The van der Waals surface area contributed by atoms with E-state index in [9.17, 15) is 18.0 Å². The summed E-state index contributed by atoms with van der Waals surface area (Å²) in [4.78, 5) is 25.0. The topological polar surface area (TPSA) is 101 Å². The number of carbonyl (C=O) groups excluding carboxylic acids is 2. The van der Waals surface area contributed by atoms with Gasteiger partial charge in [-0.15, -0.1) is 0 Å². The van der Waals surface area contributed by atoms with E-state index in [1.807, 2.05) is 6.92 Å². The number of nitrogens with two attached hydrogens (primary N) is 1. The van der Waals surface area contributed by atoms with Crippen LogP contribution in [0.3, 0.4) is 0 Å². The molecule has 1 aromatic rings.